The van der Waals surface area contributed by atoms with Crippen LogP contribution >= 0.6 is 12.4 Å². The average molecular weight is 437 g/mol. The molecule has 0 saturated carbocycles. The Morgan fingerprint density at radius 3 is 2.27 bits per heavy atom. The fraction of sp³-hybridized carbons (Fsp3) is 0.364. The summed E-state index contributed by atoms with van der Waals surface area (Å²) < 4.78 is 11.1. The minimum absolute atomic E-state index is 0. The van der Waals surface area contributed by atoms with E-state index in [-0.39, 0.29) is 36.0 Å². The van der Waals surface area contributed by atoms with E-state index >= 15 is 0 Å². The second-order valence-corrected chi connectivity index (χ2v) is 7.64. The second-order valence-electron chi connectivity index (χ2n) is 7.64. The van der Waals surface area contributed by atoms with Crippen LogP contribution in [-0.4, -0.2) is 36.2 Å². The van der Waals surface area contributed by atoms with Crippen molar-refractivity contribution in [3.05, 3.63) is 59.2 Å². The summed E-state index contributed by atoms with van der Waals surface area (Å²) in [6.45, 7) is 6.67. The van der Waals surface area contributed by atoms with Crippen molar-refractivity contribution in [1.29, 1.82) is 0 Å². The monoisotopic (exact) mass is 436 g/mol. The highest BCUT2D eigenvalue weighted by molar-refractivity contribution is 5.87. The minimum Gasteiger partial charge on any atom is -0.493 e. The van der Waals surface area contributed by atoms with Crippen LogP contribution < -0.4 is 20.1 Å². The lowest BCUT2D eigenvalue weighted by Crippen LogP contribution is -2.43. The largest absolute Gasteiger partial charge is 0.493 e. The molecule has 0 aliphatic heterocycles. The van der Waals surface area contributed by atoms with Gasteiger partial charge in [0.25, 0.3) is 5.91 Å². The first-order chi connectivity index (χ1) is 13.7. The molecule has 2 rings (SSSR count). The molecule has 0 spiro atoms. The molecule has 7 nitrogen and oxygen atoms in total. The maximum Gasteiger partial charge on any atom is 0.335 e. The van der Waals surface area contributed by atoms with Crippen LogP contribution in [0.2, 0.25) is 0 Å². The van der Waals surface area contributed by atoms with Crippen LogP contribution in [0, 0.1) is 0 Å². The van der Waals surface area contributed by atoms with Crippen LogP contribution in [0.5, 0.6) is 11.5 Å². The zero-order chi connectivity index (χ0) is 21.4. The first-order valence-corrected chi connectivity index (χ1v) is 9.32. The van der Waals surface area contributed by atoms with E-state index in [0.717, 1.165) is 11.1 Å². The molecule has 0 radical (unpaired) electrons. The van der Waals surface area contributed by atoms with Gasteiger partial charge in [0.2, 0.25) is 0 Å². The first-order valence-electron chi connectivity index (χ1n) is 9.32. The van der Waals surface area contributed by atoms with Crippen LogP contribution in [0.3, 0.4) is 0 Å². The molecule has 164 valence electrons. The molecule has 0 aliphatic rings. The van der Waals surface area contributed by atoms with Crippen molar-refractivity contribution in [3.63, 3.8) is 0 Å². The summed E-state index contributed by atoms with van der Waals surface area (Å²) in [7, 11) is 1.55. The number of benzene rings is 2. The molecule has 3 N–H and O–H groups in total. The summed E-state index contributed by atoms with van der Waals surface area (Å²) >= 11 is 0. The predicted octanol–water partition coefficient (Wildman–Crippen LogP) is 3.40. The molecule has 8 heteroatoms. The molecule has 30 heavy (non-hydrogen) atoms. The van der Waals surface area contributed by atoms with E-state index in [2.05, 4.69) is 10.6 Å². The molecule has 2 aromatic carbocycles. The van der Waals surface area contributed by atoms with Crippen molar-refractivity contribution in [1.82, 2.24) is 10.6 Å². The number of ether oxygens (including phenoxy) is 2. The number of carboxylic acid groups (broad SMARTS) is 1. The molecule has 0 aromatic heterocycles. The van der Waals surface area contributed by atoms with Gasteiger partial charge < -0.3 is 25.2 Å². The van der Waals surface area contributed by atoms with Gasteiger partial charge in [0.15, 0.2) is 18.1 Å². The SMILES string of the molecule is COc1cccc(CNCc2ccc(C(=O)O)cc2)c1OCC(=O)NC(C)(C)C.Cl. The van der Waals surface area contributed by atoms with E-state index in [9.17, 15) is 9.59 Å². The highest BCUT2D eigenvalue weighted by Crippen LogP contribution is 2.31. The summed E-state index contributed by atoms with van der Waals surface area (Å²) in [6, 6.07) is 12.2. The number of hydrogen-bond acceptors (Lipinski definition) is 5. The molecule has 0 heterocycles. The smallest absolute Gasteiger partial charge is 0.335 e. The van der Waals surface area contributed by atoms with E-state index in [1.54, 1.807) is 37.4 Å². The number of halogens is 1. The lowest BCUT2D eigenvalue weighted by Gasteiger charge is -2.21. The summed E-state index contributed by atoms with van der Waals surface area (Å²) in [5, 5.41) is 15.1. The Hall–Kier alpha value is -2.77. The molecule has 2 aromatic rings. The molecular formula is C22H29ClN2O5. The number of para-hydroxylation sites is 1. The first kappa shape index (κ1) is 25.3. The standard InChI is InChI=1S/C22H28N2O5.ClH/c1-22(2,3)24-19(25)14-29-20-17(6-5-7-18(20)28-4)13-23-12-15-8-10-16(11-9-15)21(26)27;/h5-11,23H,12-14H2,1-4H3,(H,24,25)(H,26,27);1H. The fourth-order valence-electron chi connectivity index (χ4n) is 2.72. The van der Waals surface area contributed by atoms with Crippen LogP contribution in [0.4, 0.5) is 0 Å². The molecule has 0 fully saturated rings. The van der Waals surface area contributed by atoms with E-state index in [1.807, 2.05) is 32.9 Å². The Morgan fingerprint density at radius 1 is 1.03 bits per heavy atom. The number of carboxylic acids is 1. The highest BCUT2D eigenvalue weighted by Gasteiger charge is 2.16. The Bertz CT molecular complexity index is 848. The van der Waals surface area contributed by atoms with Crippen molar-refractivity contribution in [3.8, 4) is 11.5 Å². The van der Waals surface area contributed by atoms with Gasteiger partial charge in [-0.2, -0.15) is 0 Å². The van der Waals surface area contributed by atoms with Crippen molar-refractivity contribution in [2.75, 3.05) is 13.7 Å². The Morgan fingerprint density at radius 2 is 1.70 bits per heavy atom. The lowest BCUT2D eigenvalue weighted by molar-refractivity contribution is -0.124. The van der Waals surface area contributed by atoms with Crippen molar-refractivity contribution in [2.45, 2.75) is 39.4 Å². The molecule has 0 aliphatic carbocycles. The lowest BCUT2D eigenvalue weighted by atomic mass is 10.1. The van der Waals surface area contributed by atoms with E-state index in [4.69, 9.17) is 14.6 Å². The van der Waals surface area contributed by atoms with Gasteiger partial charge in [0, 0.05) is 24.2 Å². The van der Waals surface area contributed by atoms with Crippen LogP contribution in [0.25, 0.3) is 0 Å². The average Bonchev–Trinajstić information content (AvgIpc) is 2.65. The second kappa shape index (κ2) is 11.4. The number of carbonyl (C=O) groups excluding carboxylic acids is 1. The topological polar surface area (TPSA) is 96.9 Å². The molecule has 0 bridgehead atoms. The summed E-state index contributed by atoms with van der Waals surface area (Å²) in [5.41, 5.74) is 1.74. The summed E-state index contributed by atoms with van der Waals surface area (Å²) in [6.07, 6.45) is 0. The molecule has 0 unspecified atom stereocenters. The van der Waals surface area contributed by atoms with Gasteiger partial charge in [-0.05, 0) is 44.5 Å². The Balaban J connectivity index is 0.00000450. The Labute approximate surface area is 183 Å². The predicted molar refractivity (Wildman–Crippen MR) is 118 cm³/mol. The number of carbonyl (C=O) groups is 2. The molecular weight excluding hydrogens is 408 g/mol. The number of hydrogen-bond donors (Lipinski definition) is 3. The van der Waals surface area contributed by atoms with Crippen molar-refractivity contribution in [2.24, 2.45) is 0 Å². The third kappa shape index (κ3) is 7.93. The van der Waals surface area contributed by atoms with Gasteiger partial charge in [0.1, 0.15) is 0 Å². The zero-order valence-corrected chi connectivity index (χ0v) is 18.5. The van der Waals surface area contributed by atoms with Crippen LogP contribution in [0.15, 0.2) is 42.5 Å². The molecule has 0 atom stereocenters. The van der Waals surface area contributed by atoms with Gasteiger partial charge in [-0.15, -0.1) is 12.4 Å². The van der Waals surface area contributed by atoms with Crippen molar-refractivity contribution < 1.29 is 24.2 Å². The van der Waals surface area contributed by atoms with Gasteiger partial charge in [-0.1, -0.05) is 24.3 Å². The zero-order valence-electron chi connectivity index (χ0n) is 17.7. The Kier molecular flexibility index (Phi) is 9.62. The highest BCUT2D eigenvalue weighted by atomic mass is 35.5. The summed E-state index contributed by atoms with van der Waals surface area (Å²) in [5.74, 6) is -0.0783. The maximum absolute atomic E-state index is 12.1. The van der Waals surface area contributed by atoms with Crippen LogP contribution in [0.1, 0.15) is 42.3 Å². The number of amides is 1. The number of rotatable bonds is 9. The quantitative estimate of drug-likeness (QED) is 0.557. The third-order valence-corrected chi connectivity index (χ3v) is 3.99. The molecule has 0 saturated heterocycles. The number of nitrogens with one attached hydrogen (secondary N) is 2. The van der Waals surface area contributed by atoms with Gasteiger partial charge in [-0.3, -0.25) is 4.79 Å². The normalized spacial score (nSPS) is 10.7. The summed E-state index contributed by atoms with van der Waals surface area (Å²) in [4.78, 5) is 23.0. The minimum atomic E-state index is -0.946. The van der Waals surface area contributed by atoms with E-state index in [1.165, 1.54) is 0 Å². The third-order valence-electron chi connectivity index (χ3n) is 3.99. The van der Waals surface area contributed by atoms with Gasteiger partial charge in [0.05, 0.1) is 12.7 Å². The van der Waals surface area contributed by atoms with Gasteiger partial charge >= 0.3 is 5.97 Å². The number of aromatic carboxylic acids is 1. The maximum atomic E-state index is 12.1. The van der Waals surface area contributed by atoms with Crippen molar-refractivity contribution >= 4 is 24.3 Å². The van der Waals surface area contributed by atoms with E-state index < -0.39 is 5.97 Å². The van der Waals surface area contributed by atoms with E-state index in [0.29, 0.717) is 24.6 Å². The molecule has 1 amide bonds. The fourth-order valence-corrected chi connectivity index (χ4v) is 2.72. The van der Waals surface area contributed by atoms with Gasteiger partial charge in [-0.25, -0.2) is 4.79 Å². The van der Waals surface area contributed by atoms with Crippen LogP contribution in [-0.2, 0) is 17.9 Å². The number of methoxy groups -OCH3 is 1.